The van der Waals surface area contributed by atoms with Gasteiger partial charge in [0.05, 0.1) is 0 Å². The molecule has 0 radical (unpaired) electrons. The Morgan fingerprint density at radius 3 is 2.52 bits per heavy atom. The maximum absolute atomic E-state index is 13.0. The van der Waals surface area contributed by atoms with E-state index in [-0.39, 0.29) is 11.6 Å². The van der Waals surface area contributed by atoms with Gasteiger partial charge in [-0.1, -0.05) is 65.7 Å². The molecule has 2 heterocycles. The van der Waals surface area contributed by atoms with Crippen LogP contribution in [-0.4, -0.2) is 25.7 Å². The summed E-state index contributed by atoms with van der Waals surface area (Å²) in [6.45, 7) is 2.41. The predicted molar refractivity (Wildman–Crippen MR) is 113 cm³/mol. The van der Waals surface area contributed by atoms with Crippen LogP contribution in [0.2, 0.25) is 5.02 Å². The molecule has 0 unspecified atom stereocenters. The molecule has 2 aromatic carbocycles. The van der Waals surface area contributed by atoms with Gasteiger partial charge < -0.3 is 5.32 Å². The molecule has 4 aromatic rings. The van der Waals surface area contributed by atoms with Gasteiger partial charge in [-0.2, -0.15) is 9.67 Å². The highest BCUT2D eigenvalue weighted by Crippen LogP contribution is 2.21. The van der Waals surface area contributed by atoms with Gasteiger partial charge in [-0.05, 0) is 30.7 Å². The van der Waals surface area contributed by atoms with E-state index in [1.807, 2.05) is 55.5 Å². The number of aryl methyl sites for hydroxylation is 1. The molecule has 6 nitrogen and oxygen atoms in total. The maximum atomic E-state index is 13.0. The molecule has 0 fully saturated rings. The molecule has 0 saturated heterocycles. The third-order valence-electron chi connectivity index (χ3n) is 4.39. The lowest BCUT2D eigenvalue weighted by Crippen LogP contribution is -2.18. The number of hydrogen-bond acceptors (Lipinski definition) is 5. The molecular formula is C22H18ClN5O. The number of carbonyl (C=O) groups is 1. The molecule has 0 spiro atoms. The molecule has 0 saturated carbocycles. The summed E-state index contributed by atoms with van der Waals surface area (Å²) in [5, 5.41) is 8.26. The third-order valence-corrected chi connectivity index (χ3v) is 4.76. The minimum absolute atomic E-state index is 0.286. The Kier molecular flexibility index (Phi) is 5.35. The lowest BCUT2D eigenvalue weighted by molar-refractivity contribution is 0.0942. The molecule has 0 atom stereocenters. The van der Waals surface area contributed by atoms with Crippen LogP contribution < -0.4 is 5.32 Å². The first-order chi connectivity index (χ1) is 14.1. The molecule has 4 rings (SSSR count). The van der Waals surface area contributed by atoms with Crippen molar-refractivity contribution in [3.63, 3.8) is 0 Å². The van der Waals surface area contributed by atoms with Crippen molar-refractivity contribution < 1.29 is 4.79 Å². The SMILES string of the molecule is Cc1ccc(-c2nc(NCc3ccccc3Cl)n(C(=O)c3ccccn3)n2)cc1. The summed E-state index contributed by atoms with van der Waals surface area (Å²) in [6, 6.07) is 20.5. The van der Waals surface area contributed by atoms with Gasteiger partial charge in [0.15, 0.2) is 5.82 Å². The number of halogens is 1. The number of nitrogens with one attached hydrogen (secondary N) is 1. The molecule has 0 aliphatic heterocycles. The summed E-state index contributed by atoms with van der Waals surface area (Å²) >= 11 is 6.24. The summed E-state index contributed by atoms with van der Waals surface area (Å²) in [5.74, 6) is 0.421. The van der Waals surface area contributed by atoms with E-state index in [0.29, 0.717) is 23.3 Å². The van der Waals surface area contributed by atoms with Crippen molar-refractivity contribution >= 4 is 23.5 Å². The van der Waals surface area contributed by atoms with E-state index in [2.05, 4.69) is 20.4 Å². The zero-order valence-electron chi connectivity index (χ0n) is 15.7. The van der Waals surface area contributed by atoms with Crippen molar-refractivity contribution in [2.75, 3.05) is 5.32 Å². The highest BCUT2D eigenvalue weighted by molar-refractivity contribution is 6.31. The van der Waals surface area contributed by atoms with Gasteiger partial charge >= 0.3 is 0 Å². The maximum Gasteiger partial charge on any atom is 0.299 e. The second-order valence-corrected chi connectivity index (χ2v) is 6.91. The van der Waals surface area contributed by atoms with Crippen molar-refractivity contribution in [3.05, 3.63) is 94.8 Å². The van der Waals surface area contributed by atoms with E-state index in [4.69, 9.17) is 11.6 Å². The number of anilines is 1. The minimum Gasteiger partial charge on any atom is -0.350 e. The predicted octanol–water partition coefficient (Wildman–Crippen LogP) is 4.60. The smallest absolute Gasteiger partial charge is 0.299 e. The average molecular weight is 404 g/mol. The summed E-state index contributed by atoms with van der Waals surface area (Å²) in [7, 11) is 0. The van der Waals surface area contributed by atoms with Crippen LogP contribution in [0, 0.1) is 6.92 Å². The number of hydrogen-bond donors (Lipinski definition) is 1. The molecule has 29 heavy (non-hydrogen) atoms. The molecule has 144 valence electrons. The number of aromatic nitrogens is 4. The van der Waals surface area contributed by atoms with Gasteiger partial charge in [0.1, 0.15) is 5.69 Å². The molecule has 0 aliphatic rings. The van der Waals surface area contributed by atoms with Crippen LogP contribution >= 0.6 is 11.6 Å². The Balaban J connectivity index is 1.70. The van der Waals surface area contributed by atoms with Crippen molar-refractivity contribution in [1.29, 1.82) is 0 Å². The van der Waals surface area contributed by atoms with Gasteiger partial charge in [0.25, 0.3) is 5.91 Å². The quantitative estimate of drug-likeness (QED) is 0.527. The van der Waals surface area contributed by atoms with E-state index < -0.39 is 0 Å². The Morgan fingerprint density at radius 1 is 1.03 bits per heavy atom. The van der Waals surface area contributed by atoms with Crippen LogP contribution in [-0.2, 0) is 6.54 Å². The minimum atomic E-state index is -0.363. The number of nitrogens with zero attached hydrogens (tertiary/aromatic N) is 4. The molecular weight excluding hydrogens is 386 g/mol. The average Bonchev–Trinajstić information content (AvgIpc) is 3.18. The number of benzene rings is 2. The fraction of sp³-hybridized carbons (Fsp3) is 0.0909. The molecule has 2 aromatic heterocycles. The van der Waals surface area contributed by atoms with Crippen molar-refractivity contribution in [3.8, 4) is 11.4 Å². The van der Waals surface area contributed by atoms with Crippen LogP contribution in [0.25, 0.3) is 11.4 Å². The monoisotopic (exact) mass is 403 g/mol. The Hall–Kier alpha value is -3.51. The Bertz CT molecular complexity index is 1140. The first kappa shape index (κ1) is 18.8. The lowest BCUT2D eigenvalue weighted by Gasteiger charge is -2.08. The van der Waals surface area contributed by atoms with Crippen LogP contribution in [0.1, 0.15) is 21.6 Å². The highest BCUT2D eigenvalue weighted by Gasteiger charge is 2.19. The topological polar surface area (TPSA) is 72.7 Å². The second kappa shape index (κ2) is 8.24. The van der Waals surface area contributed by atoms with E-state index >= 15 is 0 Å². The van der Waals surface area contributed by atoms with E-state index in [1.165, 1.54) is 4.68 Å². The Labute approximate surface area is 173 Å². The van der Waals surface area contributed by atoms with Gasteiger partial charge in [-0.15, -0.1) is 5.10 Å². The van der Waals surface area contributed by atoms with Crippen molar-refractivity contribution in [2.24, 2.45) is 0 Å². The first-order valence-electron chi connectivity index (χ1n) is 9.09. The van der Waals surface area contributed by atoms with E-state index in [1.54, 1.807) is 24.4 Å². The zero-order chi connectivity index (χ0) is 20.2. The first-order valence-corrected chi connectivity index (χ1v) is 9.47. The van der Waals surface area contributed by atoms with Gasteiger partial charge in [-0.25, -0.2) is 0 Å². The largest absolute Gasteiger partial charge is 0.350 e. The molecule has 1 N–H and O–H groups in total. The van der Waals surface area contributed by atoms with Gasteiger partial charge in [0.2, 0.25) is 5.95 Å². The fourth-order valence-electron chi connectivity index (χ4n) is 2.81. The molecule has 7 heteroatoms. The van der Waals surface area contributed by atoms with Crippen LogP contribution in [0.3, 0.4) is 0 Å². The standard InChI is InChI=1S/C22H18ClN5O/c1-15-9-11-16(12-10-15)20-26-22(25-14-17-6-2-3-7-18(17)23)28(27-20)21(29)19-8-4-5-13-24-19/h2-13H,14H2,1H3,(H,25,26,27). The van der Waals surface area contributed by atoms with Crippen LogP contribution in [0.15, 0.2) is 72.9 Å². The number of rotatable bonds is 5. The van der Waals surface area contributed by atoms with Gasteiger partial charge in [0, 0.05) is 23.3 Å². The van der Waals surface area contributed by atoms with E-state index in [0.717, 1.165) is 16.7 Å². The summed E-state index contributed by atoms with van der Waals surface area (Å²) < 4.78 is 1.24. The molecule has 0 amide bonds. The van der Waals surface area contributed by atoms with Gasteiger partial charge in [-0.3, -0.25) is 9.78 Å². The third kappa shape index (κ3) is 4.17. The second-order valence-electron chi connectivity index (χ2n) is 6.50. The summed E-state index contributed by atoms with van der Waals surface area (Å²) in [6.07, 6.45) is 1.57. The van der Waals surface area contributed by atoms with Crippen molar-refractivity contribution in [1.82, 2.24) is 19.7 Å². The zero-order valence-corrected chi connectivity index (χ0v) is 16.5. The van der Waals surface area contributed by atoms with Crippen LogP contribution in [0.4, 0.5) is 5.95 Å². The normalized spacial score (nSPS) is 10.7. The fourth-order valence-corrected chi connectivity index (χ4v) is 3.01. The highest BCUT2D eigenvalue weighted by atomic mass is 35.5. The number of carbonyl (C=O) groups excluding carboxylic acids is 1. The number of pyridine rings is 1. The van der Waals surface area contributed by atoms with Crippen LogP contribution in [0.5, 0.6) is 0 Å². The molecule has 0 bridgehead atoms. The van der Waals surface area contributed by atoms with E-state index in [9.17, 15) is 4.79 Å². The van der Waals surface area contributed by atoms with Crippen molar-refractivity contribution in [2.45, 2.75) is 13.5 Å². The summed E-state index contributed by atoms with van der Waals surface area (Å²) in [5.41, 5.74) is 3.14. The summed E-state index contributed by atoms with van der Waals surface area (Å²) in [4.78, 5) is 21.7. The Morgan fingerprint density at radius 2 is 1.79 bits per heavy atom. The molecule has 0 aliphatic carbocycles. The lowest BCUT2D eigenvalue weighted by atomic mass is 10.1.